The van der Waals surface area contributed by atoms with Gasteiger partial charge in [-0.1, -0.05) is 35.5 Å². The first-order valence-corrected chi connectivity index (χ1v) is 10.4. The number of amides is 2. The zero-order valence-electron chi connectivity index (χ0n) is 17.1. The van der Waals surface area contributed by atoms with Crippen LogP contribution in [0.15, 0.2) is 40.9 Å². The van der Waals surface area contributed by atoms with Gasteiger partial charge >= 0.3 is 0 Å². The molecule has 2 fully saturated rings. The van der Waals surface area contributed by atoms with E-state index in [1.165, 1.54) is 5.56 Å². The van der Waals surface area contributed by atoms with E-state index in [4.69, 9.17) is 4.52 Å². The van der Waals surface area contributed by atoms with E-state index >= 15 is 0 Å². The van der Waals surface area contributed by atoms with Crippen molar-refractivity contribution in [3.05, 3.63) is 53.4 Å². The van der Waals surface area contributed by atoms with E-state index in [1.807, 2.05) is 18.2 Å². The maximum absolute atomic E-state index is 12.5. The molecule has 2 atom stereocenters. The first kappa shape index (κ1) is 20.5. The number of hydrogen-bond donors (Lipinski definition) is 3. The number of benzene rings is 1. The third-order valence-electron chi connectivity index (χ3n) is 5.66. The minimum Gasteiger partial charge on any atom is -0.361 e. The number of nitrogens with zero attached hydrogens (tertiary/aromatic N) is 3. The summed E-state index contributed by atoms with van der Waals surface area (Å²) >= 11 is 0. The predicted molar refractivity (Wildman–Crippen MR) is 110 cm³/mol. The van der Waals surface area contributed by atoms with Gasteiger partial charge in [-0.2, -0.15) is 0 Å². The highest BCUT2D eigenvalue weighted by Gasteiger charge is 2.30. The summed E-state index contributed by atoms with van der Waals surface area (Å²) in [6.07, 6.45) is 0.720. The molecule has 30 heavy (non-hydrogen) atoms. The lowest BCUT2D eigenvalue weighted by atomic mass is 10.0. The molecule has 2 saturated heterocycles. The van der Waals surface area contributed by atoms with Crippen LogP contribution < -0.4 is 16.2 Å². The third-order valence-corrected chi connectivity index (χ3v) is 5.66. The van der Waals surface area contributed by atoms with Gasteiger partial charge in [0, 0.05) is 51.4 Å². The molecule has 2 aliphatic rings. The second kappa shape index (κ2) is 9.38. The Hall–Kier alpha value is -2.75. The number of nitrogens with one attached hydrogen (secondary N) is 3. The second-order valence-corrected chi connectivity index (χ2v) is 7.79. The molecular formula is C21H28N6O3. The molecule has 3 N–H and O–H groups in total. The van der Waals surface area contributed by atoms with Gasteiger partial charge in [-0.15, -0.1) is 0 Å². The van der Waals surface area contributed by atoms with Crippen LogP contribution in [0.2, 0.25) is 0 Å². The minimum absolute atomic E-state index is 0.0103. The van der Waals surface area contributed by atoms with E-state index in [2.05, 4.69) is 38.4 Å². The Morgan fingerprint density at radius 2 is 1.93 bits per heavy atom. The topological polar surface area (TPSA) is 103 Å². The Morgan fingerprint density at radius 3 is 2.63 bits per heavy atom. The van der Waals surface area contributed by atoms with Crippen molar-refractivity contribution < 1.29 is 14.1 Å². The molecule has 0 saturated carbocycles. The van der Waals surface area contributed by atoms with Gasteiger partial charge in [-0.3, -0.25) is 14.5 Å². The summed E-state index contributed by atoms with van der Waals surface area (Å²) < 4.78 is 4.99. The number of hydrazine groups is 1. The van der Waals surface area contributed by atoms with Gasteiger partial charge in [-0.05, 0) is 18.9 Å². The summed E-state index contributed by atoms with van der Waals surface area (Å²) in [4.78, 5) is 28.9. The zero-order valence-corrected chi connectivity index (χ0v) is 17.1. The number of rotatable bonds is 6. The van der Waals surface area contributed by atoms with Crippen LogP contribution in [0.5, 0.6) is 0 Å². The van der Waals surface area contributed by atoms with Gasteiger partial charge in [0.05, 0.1) is 0 Å². The van der Waals surface area contributed by atoms with Crippen LogP contribution >= 0.6 is 0 Å². The van der Waals surface area contributed by atoms with E-state index < -0.39 is 0 Å². The Labute approximate surface area is 175 Å². The van der Waals surface area contributed by atoms with Crippen LogP contribution in [0.25, 0.3) is 0 Å². The van der Waals surface area contributed by atoms with Gasteiger partial charge < -0.3 is 14.7 Å². The van der Waals surface area contributed by atoms with Gasteiger partial charge in [-0.25, -0.2) is 10.9 Å². The molecule has 2 amide bonds. The van der Waals surface area contributed by atoms with Crippen LogP contribution in [0.3, 0.4) is 0 Å². The lowest BCUT2D eigenvalue weighted by Crippen LogP contribution is -2.51. The third kappa shape index (κ3) is 4.86. The number of carbonyl (C=O) groups is 2. The molecule has 9 nitrogen and oxygen atoms in total. The van der Waals surface area contributed by atoms with Crippen molar-refractivity contribution in [2.45, 2.75) is 25.4 Å². The van der Waals surface area contributed by atoms with Crippen LogP contribution in [0.1, 0.15) is 34.3 Å². The van der Waals surface area contributed by atoms with Gasteiger partial charge in [0.2, 0.25) is 5.91 Å². The van der Waals surface area contributed by atoms with Gasteiger partial charge in [0.15, 0.2) is 5.69 Å². The summed E-state index contributed by atoms with van der Waals surface area (Å²) in [6, 6.07) is 11.7. The minimum atomic E-state index is -0.240. The van der Waals surface area contributed by atoms with E-state index in [0.29, 0.717) is 31.1 Å². The second-order valence-electron chi connectivity index (χ2n) is 7.79. The lowest BCUT2D eigenvalue weighted by molar-refractivity contribution is -0.122. The average Bonchev–Trinajstić information content (AvgIpc) is 3.44. The maximum atomic E-state index is 12.5. The smallest absolute Gasteiger partial charge is 0.276 e. The van der Waals surface area contributed by atoms with E-state index in [-0.39, 0.29) is 23.9 Å². The normalized spacial score (nSPS) is 22.2. The highest BCUT2D eigenvalue weighted by Crippen LogP contribution is 2.21. The number of aryl methyl sites for hydroxylation is 1. The molecule has 0 aliphatic carbocycles. The quantitative estimate of drug-likeness (QED) is 0.634. The largest absolute Gasteiger partial charge is 0.361 e. The monoisotopic (exact) mass is 412 g/mol. The average molecular weight is 412 g/mol. The van der Waals surface area contributed by atoms with Crippen molar-refractivity contribution >= 4 is 11.8 Å². The molecule has 160 valence electrons. The van der Waals surface area contributed by atoms with Crippen LogP contribution in [-0.4, -0.2) is 72.1 Å². The number of aromatic nitrogens is 1. The number of hydrogen-bond acceptors (Lipinski definition) is 7. The van der Waals surface area contributed by atoms with Crippen molar-refractivity contribution in [2.24, 2.45) is 0 Å². The standard InChI is InChI=1S/C21H28N6O3/c1-15-13-19(25-30-15)21(29)27-11-9-26(10-12-27)8-7-22-20(28)18-14-17(23-24-18)16-5-3-2-4-6-16/h2-6,13,17-18,23-24H,7-12,14H2,1H3,(H,22,28). The Morgan fingerprint density at radius 1 is 1.17 bits per heavy atom. The highest BCUT2D eigenvalue weighted by molar-refractivity contribution is 5.92. The molecule has 2 aliphatic heterocycles. The molecule has 0 bridgehead atoms. The molecule has 2 aromatic rings. The van der Waals surface area contributed by atoms with Crippen molar-refractivity contribution in [3.63, 3.8) is 0 Å². The fourth-order valence-corrected chi connectivity index (χ4v) is 3.90. The summed E-state index contributed by atoms with van der Waals surface area (Å²) in [7, 11) is 0. The molecule has 1 aromatic heterocycles. The first-order valence-electron chi connectivity index (χ1n) is 10.4. The molecular weight excluding hydrogens is 384 g/mol. The molecule has 4 rings (SSSR count). The predicted octanol–water partition coefficient (Wildman–Crippen LogP) is 0.465. The van der Waals surface area contributed by atoms with Crippen molar-refractivity contribution in [1.82, 2.24) is 31.1 Å². The molecule has 0 radical (unpaired) electrons. The number of piperazine rings is 1. The maximum Gasteiger partial charge on any atom is 0.276 e. The van der Waals surface area contributed by atoms with Crippen molar-refractivity contribution in [2.75, 3.05) is 39.3 Å². The molecule has 9 heteroatoms. The Kier molecular flexibility index (Phi) is 6.41. The number of carbonyl (C=O) groups excluding carboxylic acids is 2. The SMILES string of the molecule is Cc1cc(C(=O)N2CCN(CCNC(=O)C3CC(c4ccccc4)NN3)CC2)no1. The van der Waals surface area contributed by atoms with Crippen LogP contribution in [0, 0.1) is 6.92 Å². The fraction of sp³-hybridized carbons (Fsp3) is 0.476. The van der Waals surface area contributed by atoms with Crippen LogP contribution in [0.4, 0.5) is 0 Å². The molecule has 2 unspecified atom stereocenters. The zero-order chi connectivity index (χ0) is 20.9. The summed E-state index contributed by atoms with van der Waals surface area (Å²) in [5.41, 5.74) is 7.83. The Bertz CT molecular complexity index is 863. The summed E-state index contributed by atoms with van der Waals surface area (Å²) in [6.45, 7) is 5.96. The lowest BCUT2D eigenvalue weighted by Gasteiger charge is -2.34. The van der Waals surface area contributed by atoms with Gasteiger partial charge in [0.25, 0.3) is 5.91 Å². The van der Waals surface area contributed by atoms with E-state index in [1.54, 1.807) is 17.9 Å². The summed E-state index contributed by atoms with van der Waals surface area (Å²) in [5, 5.41) is 6.82. The van der Waals surface area contributed by atoms with Crippen molar-refractivity contribution in [1.29, 1.82) is 0 Å². The van der Waals surface area contributed by atoms with Crippen molar-refractivity contribution in [3.8, 4) is 0 Å². The summed E-state index contributed by atoms with van der Waals surface area (Å²) in [5.74, 6) is 0.554. The van der Waals surface area contributed by atoms with Gasteiger partial charge in [0.1, 0.15) is 11.8 Å². The molecule has 1 aromatic carbocycles. The van der Waals surface area contributed by atoms with E-state index in [0.717, 1.165) is 26.1 Å². The highest BCUT2D eigenvalue weighted by atomic mass is 16.5. The van der Waals surface area contributed by atoms with E-state index in [9.17, 15) is 9.59 Å². The van der Waals surface area contributed by atoms with Crippen LogP contribution in [-0.2, 0) is 4.79 Å². The fourth-order valence-electron chi connectivity index (χ4n) is 3.90. The first-order chi connectivity index (χ1) is 14.6. The Balaban J connectivity index is 1.15. The molecule has 3 heterocycles. The molecule has 0 spiro atoms.